The Morgan fingerprint density at radius 1 is 1.22 bits per heavy atom. The van der Waals surface area contributed by atoms with Gasteiger partial charge >= 0.3 is 0 Å². The number of para-hydroxylation sites is 1. The highest BCUT2D eigenvalue weighted by Gasteiger charge is 2.28. The van der Waals surface area contributed by atoms with E-state index in [0.29, 0.717) is 36.9 Å². The van der Waals surface area contributed by atoms with Crippen molar-refractivity contribution in [2.24, 2.45) is 5.92 Å². The van der Waals surface area contributed by atoms with Crippen LogP contribution in [-0.4, -0.2) is 35.2 Å². The zero-order valence-electron chi connectivity index (χ0n) is 15.7. The van der Waals surface area contributed by atoms with Gasteiger partial charge in [0.2, 0.25) is 5.91 Å². The molecule has 2 saturated carbocycles. The fourth-order valence-corrected chi connectivity index (χ4v) is 3.33. The Morgan fingerprint density at radius 2 is 2.04 bits per heavy atom. The maximum absolute atomic E-state index is 12.8. The van der Waals surface area contributed by atoms with Gasteiger partial charge in [-0.1, -0.05) is 12.1 Å². The molecule has 1 aromatic carbocycles. The lowest BCUT2D eigenvalue weighted by molar-refractivity contribution is -0.121. The molecule has 1 aromatic heterocycles. The monoisotopic (exact) mass is 369 g/mol. The summed E-state index contributed by atoms with van der Waals surface area (Å²) in [6.45, 7) is 2.19. The van der Waals surface area contributed by atoms with Crippen LogP contribution in [0.5, 0.6) is 0 Å². The van der Waals surface area contributed by atoms with Gasteiger partial charge in [-0.2, -0.15) is 0 Å². The van der Waals surface area contributed by atoms with Crippen LogP contribution in [0.3, 0.4) is 0 Å². The molecule has 2 aliphatic carbocycles. The number of amides is 1. The lowest BCUT2D eigenvalue weighted by Crippen LogP contribution is -2.28. The summed E-state index contributed by atoms with van der Waals surface area (Å²) < 4.78 is 7.38. The van der Waals surface area contributed by atoms with Crippen molar-refractivity contribution in [1.29, 1.82) is 0 Å². The maximum atomic E-state index is 12.8. The molecule has 1 N–H and O–H groups in total. The fourth-order valence-electron chi connectivity index (χ4n) is 3.33. The van der Waals surface area contributed by atoms with E-state index in [4.69, 9.17) is 4.74 Å². The van der Waals surface area contributed by atoms with E-state index in [1.165, 1.54) is 12.8 Å². The normalized spacial score (nSPS) is 16.6. The zero-order valence-corrected chi connectivity index (χ0v) is 15.7. The molecule has 0 unspecified atom stereocenters. The SMILES string of the molecule is O=C(CCc1nc2ccccc2c(=O)n1C1CC1)NCCCOCC1CC1. The van der Waals surface area contributed by atoms with Crippen molar-refractivity contribution < 1.29 is 9.53 Å². The van der Waals surface area contributed by atoms with Gasteiger partial charge in [-0.25, -0.2) is 4.98 Å². The number of aryl methyl sites for hydroxylation is 1. The van der Waals surface area contributed by atoms with Gasteiger partial charge in [0, 0.05) is 38.6 Å². The number of nitrogens with zero attached hydrogens (tertiary/aromatic N) is 2. The van der Waals surface area contributed by atoms with Crippen molar-refractivity contribution in [1.82, 2.24) is 14.9 Å². The molecule has 27 heavy (non-hydrogen) atoms. The highest BCUT2D eigenvalue weighted by atomic mass is 16.5. The van der Waals surface area contributed by atoms with Gasteiger partial charge < -0.3 is 10.1 Å². The van der Waals surface area contributed by atoms with Gasteiger partial charge in [0.05, 0.1) is 10.9 Å². The molecule has 0 atom stereocenters. The largest absolute Gasteiger partial charge is 0.381 e. The first-order valence-electron chi connectivity index (χ1n) is 10.1. The second kappa shape index (κ2) is 8.21. The number of carbonyl (C=O) groups excluding carboxylic acids is 1. The predicted molar refractivity (Wildman–Crippen MR) is 104 cm³/mol. The second-order valence-electron chi connectivity index (χ2n) is 7.67. The third kappa shape index (κ3) is 4.75. The molecule has 144 valence electrons. The predicted octanol–water partition coefficient (Wildman–Crippen LogP) is 2.60. The smallest absolute Gasteiger partial charge is 0.261 e. The highest BCUT2D eigenvalue weighted by Crippen LogP contribution is 2.34. The van der Waals surface area contributed by atoms with E-state index in [1.807, 2.05) is 24.3 Å². The van der Waals surface area contributed by atoms with Gasteiger partial charge in [-0.3, -0.25) is 14.2 Å². The summed E-state index contributed by atoms with van der Waals surface area (Å²) in [4.78, 5) is 29.6. The number of benzene rings is 1. The molecule has 0 aliphatic heterocycles. The first-order chi connectivity index (χ1) is 13.2. The Morgan fingerprint density at radius 3 is 2.81 bits per heavy atom. The number of rotatable bonds is 10. The first kappa shape index (κ1) is 18.2. The second-order valence-corrected chi connectivity index (χ2v) is 7.67. The number of aromatic nitrogens is 2. The van der Waals surface area contributed by atoms with E-state index in [1.54, 1.807) is 4.57 Å². The topological polar surface area (TPSA) is 73.2 Å². The molecule has 1 heterocycles. The van der Waals surface area contributed by atoms with Crippen LogP contribution in [0.1, 0.15) is 50.4 Å². The lowest BCUT2D eigenvalue weighted by Gasteiger charge is -2.13. The standard InChI is InChI=1S/C21H27N3O3/c25-20(22-12-3-13-27-14-15-6-7-15)11-10-19-23-18-5-2-1-4-17(18)21(26)24(19)16-8-9-16/h1-2,4-5,15-16H,3,6-14H2,(H,22,25). The van der Waals surface area contributed by atoms with E-state index < -0.39 is 0 Å². The minimum absolute atomic E-state index is 0.00180. The molecular weight excluding hydrogens is 342 g/mol. The van der Waals surface area contributed by atoms with Gasteiger partial charge in [0.1, 0.15) is 5.82 Å². The van der Waals surface area contributed by atoms with E-state index in [-0.39, 0.29) is 17.5 Å². The van der Waals surface area contributed by atoms with Crippen LogP contribution in [0.25, 0.3) is 10.9 Å². The number of ether oxygens (including phenoxy) is 1. The Balaban J connectivity index is 1.30. The quantitative estimate of drug-likeness (QED) is 0.654. The van der Waals surface area contributed by atoms with E-state index >= 15 is 0 Å². The molecule has 2 fully saturated rings. The van der Waals surface area contributed by atoms with Crippen LogP contribution < -0.4 is 10.9 Å². The summed E-state index contributed by atoms with van der Waals surface area (Å²) in [6, 6.07) is 7.68. The van der Waals surface area contributed by atoms with Crippen LogP contribution in [0.4, 0.5) is 0 Å². The van der Waals surface area contributed by atoms with Gasteiger partial charge in [-0.05, 0) is 50.2 Å². The van der Waals surface area contributed by atoms with Crippen molar-refractivity contribution in [3.8, 4) is 0 Å². The molecule has 4 rings (SSSR count). The summed E-state index contributed by atoms with van der Waals surface area (Å²) in [5, 5.41) is 3.59. The van der Waals surface area contributed by atoms with Crippen LogP contribution >= 0.6 is 0 Å². The zero-order chi connectivity index (χ0) is 18.6. The number of hydrogen-bond acceptors (Lipinski definition) is 4. The molecule has 1 amide bonds. The van der Waals surface area contributed by atoms with Crippen molar-refractivity contribution in [3.05, 3.63) is 40.4 Å². The molecule has 6 heteroatoms. The number of fused-ring (bicyclic) bond motifs is 1. The van der Waals surface area contributed by atoms with Crippen LogP contribution in [0, 0.1) is 5.92 Å². The third-order valence-corrected chi connectivity index (χ3v) is 5.21. The summed E-state index contributed by atoms with van der Waals surface area (Å²) in [7, 11) is 0. The van der Waals surface area contributed by atoms with Crippen LogP contribution in [-0.2, 0) is 16.0 Å². The van der Waals surface area contributed by atoms with E-state index in [2.05, 4.69) is 10.3 Å². The third-order valence-electron chi connectivity index (χ3n) is 5.21. The molecule has 2 aromatic rings. The number of hydrogen-bond donors (Lipinski definition) is 1. The van der Waals surface area contributed by atoms with Crippen molar-refractivity contribution in [2.75, 3.05) is 19.8 Å². The Bertz CT molecular complexity index is 869. The van der Waals surface area contributed by atoms with Gasteiger partial charge in [0.25, 0.3) is 5.56 Å². The molecule has 0 bridgehead atoms. The number of carbonyl (C=O) groups is 1. The molecule has 0 radical (unpaired) electrons. The summed E-state index contributed by atoms with van der Waals surface area (Å²) in [6.07, 6.45) is 6.29. The molecule has 6 nitrogen and oxygen atoms in total. The lowest BCUT2D eigenvalue weighted by atomic mass is 10.2. The van der Waals surface area contributed by atoms with Gasteiger partial charge in [-0.15, -0.1) is 0 Å². The highest BCUT2D eigenvalue weighted by molar-refractivity contribution is 5.78. The van der Waals surface area contributed by atoms with Gasteiger partial charge in [0.15, 0.2) is 0 Å². The number of nitrogens with one attached hydrogen (secondary N) is 1. The molecule has 0 spiro atoms. The van der Waals surface area contributed by atoms with Crippen molar-refractivity contribution >= 4 is 16.8 Å². The van der Waals surface area contributed by atoms with Crippen molar-refractivity contribution in [2.45, 2.75) is 51.0 Å². The average molecular weight is 369 g/mol. The molecule has 0 saturated heterocycles. The molecular formula is C21H27N3O3. The van der Waals surface area contributed by atoms with Crippen LogP contribution in [0.2, 0.25) is 0 Å². The molecule has 2 aliphatic rings. The fraction of sp³-hybridized carbons (Fsp3) is 0.571. The van der Waals surface area contributed by atoms with Crippen LogP contribution in [0.15, 0.2) is 29.1 Å². The van der Waals surface area contributed by atoms with E-state index in [9.17, 15) is 9.59 Å². The first-order valence-corrected chi connectivity index (χ1v) is 10.1. The summed E-state index contributed by atoms with van der Waals surface area (Å²) in [5.74, 6) is 1.50. The minimum Gasteiger partial charge on any atom is -0.381 e. The van der Waals surface area contributed by atoms with E-state index in [0.717, 1.165) is 37.6 Å². The van der Waals surface area contributed by atoms with Crippen molar-refractivity contribution in [3.63, 3.8) is 0 Å². The summed E-state index contributed by atoms with van der Waals surface area (Å²) in [5.41, 5.74) is 0.730. The Kier molecular flexibility index (Phi) is 5.53. The minimum atomic E-state index is 0.00180. The maximum Gasteiger partial charge on any atom is 0.261 e. The Labute approximate surface area is 158 Å². The average Bonchev–Trinajstić information content (AvgIpc) is 3.57. The Hall–Kier alpha value is -2.21. The summed E-state index contributed by atoms with van der Waals surface area (Å²) >= 11 is 0.